The standard InChI is InChI=1S/C38H29N5O6S/c1-47-31-22-16-29(17-23-31)39-25-35-41-42-37(48-35)28-14-18-30(19-15-28)43-36(27-8-4-2-5-9-27)40-34(38(43)44)24-26-12-20-32(21-13-26)49-50(45,46)33-10-6-3-7-11-33/h2-24,39H,25H2,1H3/b34-24-. The van der Waals surface area contributed by atoms with Crippen molar-refractivity contribution >= 4 is 39.3 Å². The van der Waals surface area contributed by atoms with Gasteiger partial charge >= 0.3 is 10.1 Å². The van der Waals surface area contributed by atoms with E-state index >= 15 is 0 Å². The lowest BCUT2D eigenvalue weighted by molar-refractivity contribution is -0.113. The monoisotopic (exact) mass is 683 g/mol. The van der Waals surface area contributed by atoms with Crippen LogP contribution in [0.25, 0.3) is 17.5 Å². The Bertz CT molecular complexity index is 2290. The number of methoxy groups -OCH3 is 1. The van der Waals surface area contributed by atoms with Gasteiger partial charge in [-0.05, 0) is 84.4 Å². The zero-order chi connectivity index (χ0) is 34.5. The van der Waals surface area contributed by atoms with Crippen molar-refractivity contribution < 1.29 is 26.5 Å². The van der Waals surface area contributed by atoms with Crippen LogP contribution >= 0.6 is 0 Å². The molecule has 50 heavy (non-hydrogen) atoms. The van der Waals surface area contributed by atoms with Gasteiger partial charge in [-0.1, -0.05) is 60.7 Å². The minimum absolute atomic E-state index is 0.0542. The second-order valence-corrected chi connectivity index (χ2v) is 12.6. The van der Waals surface area contributed by atoms with Crippen molar-refractivity contribution in [2.45, 2.75) is 11.4 Å². The molecule has 0 atom stereocenters. The van der Waals surface area contributed by atoms with Crippen LogP contribution in [0.3, 0.4) is 0 Å². The molecule has 1 aliphatic rings. The second-order valence-electron chi connectivity index (χ2n) is 11.0. The first-order valence-electron chi connectivity index (χ1n) is 15.5. The number of rotatable bonds is 11. The number of hydrogen-bond acceptors (Lipinski definition) is 10. The SMILES string of the molecule is COc1ccc(NCc2nnc(-c3ccc(N4C(=O)/C(=C/c5ccc(OS(=O)(=O)c6ccccc6)cc5)N=C4c4ccccc4)cc3)o2)cc1. The summed E-state index contributed by atoms with van der Waals surface area (Å²) in [5.41, 5.74) is 3.78. The highest BCUT2D eigenvalue weighted by molar-refractivity contribution is 7.87. The van der Waals surface area contributed by atoms with Crippen LogP contribution in [0.15, 0.2) is 153 Å². The van der Waals surface area contributed by atoms with Crippen LogP contribution in [-0.2, 0) is 21.5 Å². The predicted octanol–water partition coefficient (Wildman–Crippen LogP) is 6.96. The zero-order valence-corrected chi connectivity index (χ0v) is 27.4. The highest BCUT2D eigenvalue weighted by Crippen LogP contribution is 2.30. The fraction of sp³-hybridized carbons (Fsp3) is 0.0526. The van der Waals surface area contributed by atoms with Gasteiger partial charge in [0, 0.05) is 16.8 Å². The van der Waals surface area contributed by atoms with Gasteiger partial charge in [0.2, 0.25) is 11.8 Å². The van der Waals surface area contributed by atoms with E-state index in [-0.39, 0.29) is 22.2 Å². The third-order valence-corrected chi connectivity index (χ3v) is 8.95. The molecule has 6 aromatic rings. The van der Waals surface area contributed by atoms with E-state index in [1.54, 1.807) is 60.6 Å². The topological polar surface area (TPSA) is 136 Å². The number of aromatic nitrogens is 2. The Balaban J connectivity index is 1.09. The third kappa shape index (κ3) is 7.00. The molecule has 1 aromatic heterocycles. The maximum atomic E-state index is 13.9. The highest BCUT2D eigenvalue weighted by Gasteiger charge is 2.32. The number of nitrogens with one attached hydrogen (secondary N) is 1. The summed E-state index contributed by atoms with van der Waals surface area (Å²) in [7, 11) is -2.37. The maximum Gasteiger partial charge on any atom is 0.339 e. The smallest absolute Gasteiger partial charge is 0.339 e. The van der Waals surface area contributed by atoms with Crippen molar-refractivity contribution in [3.05, 3.63) is 156 Å². The van der Waals surface area contributed by atoms with E-state index in [0.717, 1.165) is 17.0 Å². The Labute approximate surface area is 288 Å². The molecule has 248 valence electrons. The Kier molecular flexibility index (Phi) is 8.91. The van der Waals surface area contributed by atoms with E-state index in [9.17, 15) is 13.2 Å². The molecule has 0 unspecified atom stereocenters. The molecular weight excluding hydrogens is 655 g/mol. The number of carbonyl (C=O) groups excluding carboxylic acids is 1. The number of hydrogen-bond donors (Lipinski definition) is 1. The number of anilines is 2. The number of amidine groups is 1. The summed E-state index contributed by atoms with van der Waals surface area (Å²) in [6.45, 7) is 0.342. The Morgan fingerprint density at radius 2 is 1.42 bits per heavy atom. The van der Waals surface area contributed by atoms with Gasteiger partial charge in [-0.2, -0.15) is 8.42 Å². The molecule has 12 heteroatoms. The molecule has 1 N–H and O–H groups in total. The van der Waals surface area contributed by atoms with Crippen molar-refractivity contribution in [1.29, 1.82) is 0 Å². The van der Waals surface area contributed by atoms with Crippen molar-refractivity contribution in [2.24, 2.45) is 4.99 Å². The summed E-state index contributed by atoms with van der Waals surface area (Å²) in [5, 5.41) is 11.6. The first-order valence-corrected chi connectivity index (χ1v) is 16.9. The highest BCUT2D eigenvalue weighted by atomic mass is 32.2. The molecule has 0 saturated carbocycles. The van der Waals surface area contributed by atoms with Gasteiger partial charge < -0.3 is 18.7 Å². The number of ether oxygens (including phenoxy) is 1. The second kappa shape index (κ2) is 13.9. The van der Waals surface area contributed by atoms with Gasteiger partial charge in [-0.15, -0.1) is 10.2 Å². The summed E-state index contributed by atoms with van der Waals surface area (Å²) < 4.78 is 41.6. The van der Waals surface area contributed by atoms with Gasteiger partial charge in [-0.25, -0.2) is 4.99 Å². The van der Waals surface area contributed by atoms with Crippen LogP contribution in [0.2, 0.25) is 0 Å². The normalized spacial score (nSPS) is 13.7. The lowest BCUT2D eigenvalue weighted by Gasteiger charge is -2.18. The van der Waals surface area contributed by atoms with Crippen LogP contribution in [0, 0.1) is 0 Å². The lowest BCUT2D eigenvalue weighted by Crippen LogP contribution is -2.32. The first-order chi connectivity index (χ1) is 24.4. The van der Waals surface area contributed by atoms with Crippen molar-refractivity contribution in [1.82, 2.24) is 10.2 Å². The fourth-order valence-corrected chi connectivity index (χ4v) is 6.11. The summed E-state index contributed by atoms with van der Waals surface area (Å²) in [6, 6.07) is 38.4. The van der Waals surface area contributed by atoms with E-state index in [1.165, 1.54) is 24.3 Å². The molecule has 0 bridgehead atoms. The van der Waals surface area contributed by atoms with Crippen LogP contribution in [-0.4, -0.2) is 37.5 Å². The number of benzene rings is 5. The Morgan fingerprint density at radius 3 is 2.10 bits per heavy atom. The summed E-state index contributed by atoms with van der Waals surface area (Å²) >= 11 is 0. The van der Waals surface area contributed by atoms with E-state index < -0.39 is 10.1 Å². The molecule has 0 spiro atoms. The summed E-state index contributed by atoms with van der Waals surface area (Å²) in [4.78, 5) is 20.2. The van der Waals surface area contributed by atoms with Crippen LogP contribution in [0.5, 0.6) is 11.5 Å². The molecule has 1 amide bonds. The first kappa shape index (κ1) is 32.0. The van der Waals surface area contributed by atoms with Crippen molar-refractivity contribution in [3.8, 4) is 23.0 Å². The number of nitrogens with zero attached hydrogens (tertiary/aromatic N) is 4. The number of carbonyl (C=O) groups is 1. The van der Waals surface area contributed by atoms with E-state index in [4.69, 9.17) is 18.3 Å². The van der Waals surface area contributed by atoms with Gasteiger partial charge in [0.05, 0.1) is 19.3 Å². The minimum Gasteiger partial charge on any atom is -0.497 e. The molecule has 0 radical (unpaired) electrons. The van der Waals surface area contributed by atoms with E-state index in [0.29, 0.717) is 41.0 Å². The van der Waals surface area contributed by atoms with Gasteiger partial charge in [-0.3, -0.25) is 9.69 Å². The summed E-state index contributed by atoms with van der Waals surface area (Å²) in [5.74, 6) is 1.81. The van der Waals surface area contributed by atoms with Gasteiger partial charge in [0.1, 0.15) is 27.9 Å². The maximum absolute atomic E-state index is 13.9. The largest absolute Gasteiger partial charge is 0.497 e. The van der Waals surface area contributed by atoms with Crippen molar-refractivity contribution in [2.75, 3.05) is 17.3 Å². The Hall–Kier alpha value is -6.53. The molecule has 7 rings (SSSR count). The molecular formula is C38H29N5O6S. The van der Waals surface area contributed by atoms with Gasteiger partial charge in [0.15, 0.2) is 0 Å². The molecule has 0 aliphatic carbocycles. The average Bonchev–Trinajstić information content (AvgIpc) is 3.77. The van der Waals surface area contributed by atoms with E-state index in [2.05, 4.69) is 15.5 Å². The number of aliphatic imine (C=N–C) groups is 1. The quantitative estimate of drug-likeness (QED) is 0.114. The van der Waals surface area contributed by atoms with Crippen molar-refractivity contribution in [3.63, 3.8) is 0 Å². The van der Waals surface area contributed by atoms with E-state index in [1.807, 2.05) is 66.7 Å². The molecule has 0 saturated heterocycles. The summed E-state index contributed by atoms with van der Waals surface area (Å²) in [6.07, 6.45) is 1.65. The molecule has 0 fully saturated rings. The minimum atomic E-state index is -3.99. The predicted molar refractivity (Wildman–Crippen MR) is 189 cm³/mol. The van der Waals surface area contributed by atoms with Crippen LogP contribution in [0.4, 0.5) is 11.4 Å². The van der Waals surface area contributed by atoms with Gasteiger partial charge in [0.25, 0.3) is 5.91 Å². The average molecular weight is 684 g/mol. The molecule has 2 heterocycles. The fourth-order valence-electron chi connectivity index (χ4n) is 5.16. The number of amides is 1. The Morgan fingerprint density at radius 1 is 0.760 bits per heavy atom. The zero-order valence-electron chi connectivity index (χ0n) is 26.6. The van der Waals surface area contributed by atoms with Crippen LogP contribution < -0.4 is 19.1 Å². The third-order valence-electron chi connectivity index (χ3n) is 7.69. The molecule has 5 aromatic carbocycles. The molecule has 1 aliphatic heterocycles. The lowest BCUT2D eigenvalue weighted by atomic mass is 10.1. The molecule has 11 nitrogen and oxygen atoms in total. The van der Waals surface area contributed by atoms with Crippen LogP contribution in [0.1, 0.15) is 17.0 Å².